The molecule has 1 heterocycles. The third kappa shape index (κ3) is 4.07. The number of pyridine rings is 1. The first-order valence-corrected chi connectivity index (χ1v) is 5.47. The lowest BCUT2D eigenvalue weighted by Crippen LogP contribution is -2.22. The van der Waals surface area contributed by atoms with Crippen LogP contribution in [0.4, 0.5) is 5.82 Å². The Morgan fingerprint density at radius 3 is 2.93 bits per heavy atom. The van der Waals surface area contributed by atoms with Crippen LogP contribution < -0.4 is 5.32 Å². The van der Waals surface area contributed by atoms with Crippen molar-refractivity contribution in [1.82, 2.24) is 4.98 Å². The van der Waals surface area contributed by atoms with Crippen molar-refractivity contribution >= 4 is 21.7 Å². The molecule has 0 radical (unpaired) electrons. The molecule has 1 unspecified atom stereocenters. The molecule has 0 spiro atoms. The van der Waals surface area contributed by atoms with E-state index in [-0.39, 0.29) is 6.04 Å². The van der Waals surface area contributed by atoms with Gasteiger partial charge in [-0.3, -0.25) is 0 Å². The molecule has 1 aromatic rings. The fourth-order valence-corrected chi connectivity index (χ4v) is 1.28. The molecule has 1 aromatic heterocycles. The van der Waals surface area contributed by atoms with Gasteiger partial charge in [0, 0.05) is 23.3 Å². The predicted molar refractivity (Wildman–Crippen MR) is 61.5 cm³/mol. The molecule has 0 aliphatic heterocycles. The third-order valence-electron chi connectivity index (χ3n) is 1.69. The predicted octanol–water partition coefficient (Wildman–Crippen LogP) is 2.68. The van der Waals surface area contributed by atoms with E-state index < -0.39 is 0 Å². The van der Waals surface area contributed by atoms with Gasteiger partial charge in [-0.1, -0.05) is 0 Å². The smallest absolute Gasteiger partial charge is 0.126 e. The zero-order valence-electron chi connectivity index (χ0n) is 8.46. The summed E-state index contributed by atoms with van der Waals surface area (Å²) in [6, 6.07) is 4.18. The summed E-state index contributed by atoms with van der Waals surface area (Å²) in [5.41, 5.74) is 0. The van der Waals surface area contributed by atoms with Crippen LogP contribution in [0.15, 0.2) is 22.8 Å². The van der Waals surface area contributed by atoms with Crippen molar-refractivity contribution in [2.45, 2.75) is 19.9 Å². The number of hydrogen-bond acceptors (Lipinski definition) is 3. The molecule has 0 amide bonds. The van der Waals surface area contributed by atoms with Crippen molar-refractivity contribution in [3.05, 3.63) is 22.8 Å². The lowest BCUT2D eigenvalue weighted by molar-refractivity contribution is 0.141. The molecule has 0 saturated carbocycles. The van der Waals surface area contributed by atoms with Gasteiger partial charge in [0.15, 0.2) is 0 Å². The first-order chi connectivity index (χ1) is 6.72. The van der Waals surface area contributed by atoms with E-state index in [4.69, 9.17) is 4.74 Å². The van der Waals surface area contributed by atoms with Crippen LogP contribution in [0.5, 0.6) is 0 Å². The normalized spacial score (nSPS) is 12.5. The van der Waals surface area contributed by atoms with Crippen LogP contribution in [-0.2, 0) is 4.74 Å². The van der Waals surface area contributed by atoms with Crippen LogP contribution in [0.1, 0.15) is 13.8 Å². The van der Waals surface area contributed by atoms with E-state index in [0.29, 0.717) is 6.61 Å². The molecule has 0 aromatic carbocycles. The van der Waals surface area contributed by atoms with E-state index in [9.17, 15) is 0 Å². The number of rotatable bonds is 5. The average molecular weight is 259 g/mol. The summed E-state index contributed by atoms with van der Waals surface area (Å²) in [5, 5.41) is 3.25. The van der Waals surface area contributed by atoms with Gasteiger partial charge in [0.1, 0.15) is 5.82 Å². The molecule has 0 saturated heterocycles. The Labute approximate surface area is 93.0 Å². The Kier molecular flexibility index (Phi) is 4.90. The van der Waals surface area contributed by atoms with Crippen LogP contribution in [-0.4, -0.2) is 24.2 Å². The van der Waals surface area contributed by atoms with Crippen LogP contribution in [0.25, 0.3) is 0 Å². The number of nitrogens with zero attached hydrogens (tertiary/aromatic N) is 1. The number of anilines is 1. The minimum absolute atomic E-state index is 0.281. The van der Waals surface area contributed by atoms with Gasteiger partial charge >= 0.3 is 0 Å². The van der Waals surface area contributed by atoms with Crippen LogP contribution in [0, 0.1) is 0 Å². The zero-order valence-corrected chi connectivity index (χ0v) is 10.0. The quantitative estimate of drug-likeness (QED) is 0.882. The largest absolute Gasteiger partial charge is 0.380 e. The Balaban J connectivity index is 2.39. The van der Waals surface area contributed by atoms with Crippen LogP contribution in [0.2, 0.25) is 0 Å². The summed E-state index contributed by atoms with van der Waals surface area (Å²) in [7, 11) is 0. The van der Waals surface area contributed by atoms with Crippen molar-refractivity contribution < 1.29 is 4.74 Å². The number of halogens is 1. The highest BCUT2D eigenvalue weighted by molar-refractivity contribution is 9.10. The molecule has 4 heteroatoms. The average Bonchev–Trinajstić information content (AvgIpc) is 2.18. The van der Waals surface area contributed by atoms with Gasteiger partial charge in [-0.2, -0.15) is 0 Å². The lowest BCUT2D eigenvalue weighted by atomic mass is 10.3. The van der Waals surface area contributed by atoms with Crippen LogP contribution >= 0.6 is 15.9 Å². The second kappa shape index (κ2) is 5.98. The first kappa shape index (κ1) is 11.5. The summed E-state index contributed by atoms with van der Waals surface area (Å²) in [5.74, 6) is 0.875. The topological polar surface area (TPSA) is 34.1 Å². The Morgan fingerprint density at radius 2 is 2.36 bits per heavy atom. The molecule has 1 N–H and O–H groups in total. The zero-order chi connectivity index (χ0) is 10.4. The van der Waals surface area contributed by atoms with Gasteiger partial charge < -0.3 is 10.1 Å². The highest BCUT2D eigenvalue weighted by Gasteiger charge is 2.01. The Hall–Kier alpha value is -0.610. The first-order valence-electron chi connectivity index (χ1n) is 4.68. The van der Waals surface area contributed by atoms with Crippen molar-refractivity contribution in [3.63, 3.8) is 0 Å². The van der Waals surface area contributed by atoms with Gasteiger partial charge in [-0.25, -0.2) is 4.98 Å². The molecule has 3 nitrogen and oxygen atoms in total. The maximum absolute atomic E-state index is 5.29. The van der Waals surface area contributed by atoms with Crippen molar-refractivity contribution in [2.75, 3.05) is 18.5 Å². The summed E-state index contributed by atoms with van der Waals surface area (Å²) in [6.45, 7) is 5.51. The fourth-order valence-electron chi connectivity index (χ4n) is 1.05. The summed E-state index contributed by atoms with van der Waals surface area (Å²) < 4.78 is 6.28. The van der Waals surface area contributed by atoms with Gasteiger partial charge in [-0.15, -0.1) is 0 Å². The monoisotopic (exact) mass is 258 g/mol. The van der Waals surface area contributed by atoms with Crippen molar-refractivity contribution in [2.24, 2.45) is 0 Å². The van der Waals surface area contributed by atoms with E-state index >= 15 is 0 Å². The molecule has 0 bridgehead atoms. The van der Waals surface area contributed by atoms with Gasteiger partial charge in [0.25, 0.3) is 0 Å². The highest BCUT2D eigenvalue weighted by Crippen LogP contribution is 2.11. The highest BCUT2D eigenvalue weighted by atomic mass is 79.9. The number of nitrogens with one attached hydrogen (secondary N) is 1. The third-order valence-corrected chi connectivity index (χ3v) is 2.16. The maximum atomic E-state index is 5.29. The number of hydrogen-bond donors (Lipinski definition) is 1. The summed E-state index contributed by atoms with van der Waals surface area (Å²) in [4.78, 5) is 4.21. The van der Waals surface area contributed by atoms with E-state index in [1.165, 1.54) is 0 Å². The molecule has 0 aliphatic carbocycles. The second-order valence-corrected chi connectivity index (χ2v) is 3.98. The molecule has 1 atom stereocenters. The number of ether oxygens (including phenoxy) is 1. The summed E-state index contributed by atoms with van der Waals surface area (Å²) >= 11 is 3.34. The van der Waals surface area contributed by atoms with Crippen molar-refractivity contribution in [1.29, 1.82) is 0 Å². The van der Waals surface area contributed by atoms with Gasteiger partial charge in [0.2, 0.25) is 0 Å². The molecule has 0 fully saturated rings. The van der Waals surface area contributed by atoms with Gasteiger partial charge in [-0.05, 0) is 41.9 Å². The molecular formula is C10H15BrN2O. The van der Waals surface area contributed by atoms with Crippen LogP contribution in [0.3, 0.4) is 0 Å². The fraction of sp³-hybridized carbons (Fsp3) is 0.500. The van der Waals surface area contributed by atoms with E-state index in [2.05, 4.69) is 33.2 Å². The second-order valence-electron chi connectivity index (χ2n) is 3.07. The van der Waals surface area contributed by atoms with E-state index in [1.54, 1.807) is 6.20 Å². The standard InChI is InChI=1S/C10H15BrN2O/c1-3-14-7-8(2)13-10-5-4-9(11)6-12-10/h4-6,8H,3,7H2,1-2H3,(H,12,13). The lowest BCUT2D eigenvalue weighted by Gasteiger charge is -2.13. The maximum Gasteiger partial charge on any atom is 0.126 e. The van der Waals surface area contributed by atoms with Gasteiger partial charge in [0.05, 0.1) is 6.61 Å². The summed E-state index contributed by atoms with van der Waals surface area (Å²) in [6.07, 6.45) is 1.77. The minimum Gasteiger partial charge on any atom is -0.380 e. The molecule has 14 heavy (non-hydrogen) atoms. The molecule has 0 aliphatic rings. The molecule has 1 rings (SSSR count). The molecular weight excluding hydrogens is 244 g/mol. The van der Waals surface area contributed by atoms with E-state index in [1.807, 2.05) is 19.1 Å². The minimum atomic E-state index is 0.281. The Morgan fingerprint density at radius 1 is 1.57 bits per heavy atom. The SMILES string of the molecule is CCOCC(C)Nc1ccc(Br)cn1. The van der Waals surface area contributed by atoms with Crippen molar-refractivity contribution in [3.8, 4) is 0 Å². The number of aromatic nitrogens is 1. The molecule has 78 valence electrons. The van der Waals surface area contributed by atoms with E-state index in [0.717, 1.165) is 16.9 Å². The Bertz CT molecular complexity index is 263.